The molecule has 1 unspecified atom stereocenters. The van der Waals surface area contributed by atoms with Crippen LogP contribution in [0.3, 0.4) is 0 Å². The van der Waals surface area contributed by atoms with Crippen LogP contribution in [0.1, 0.15) is 24.4 Å². The Kier molecular flexibility index (Phi) is 4.49. The van der Waals surface area contributed by atoms with Crippen LogP contribution in [0.15, 0.2) is 35.1 Å². The van der Waals surface area contributed by atoms with Crippen LogP contribution in [-0.4, -0.2) is 21.3 Å². The molecule has 0 fully saturated rings. The van der Waals surface area contributed by atoms with Gasteiger partial charge in [-0.2, -0.15) is 5.10 Å². The Morgan fingerprint density at radius 1 is 1.44 bits per heavy atom. The first-order chi connectivity index (χ1) is 8.70. The van der Waals surface area contributed by atoms with Gasteiger partial charge in [-0.1, -0.05) is 6.92 Å². The van der Waals surface area contributed by atoms with Crippen LogP contribution in [0.4, 0.5) is 0 Å². The van der Waals surface area contributed by atoms with Gasteiger partial charge in [-0.05, 0) is 40.7 Å². The van der Waals surface area contributed by atoms with Gasteiger partial charge in [-0.25, -0.2) is 0 Å². The second-order valence-electron chi connectivity index (χ2n) is 4.17. The summed E-state index contributed by atoms with van der Waals surface area (Å²) in [7, 11) is 1.93. The summed E-state index contributed by atoms with van der Waals surface area (Å²) < 4.78 is 2.86. The molecule has 0 spiro atoms. The predicted octanol–water partition coefficient (Wildman–Crippen LogP) is 2.47. The molecule has 2 aromatic heterocycles. The molecule has 0 radical (unpaired) electrons. The number of nitrogens with one attached hydrogen (secondary N) is 1. The van der Waals surface area contributed by atoms with Crippen molar-refractivity contribution in [1.82, 2.24) is 20.1 Å². The number of aromatic nitrogens is 3. The van der Waals surface area contributed by atoms with Gasteiger partial charge in [0.2, 0.25) is 0 Å². The molecule has 2 rings (SSSR count). The van der Waals surface area contributed by atoms with E-state index >= 15 is 0 Å². The fraction of sp³-hybridized carbons (Fsp3) is 0.385. The second kappa shape index (κ2) is 6.11. The van der Waals surface area contributed by atoms with Crippen molar-refractivity contribution < 1.29 is 0 Å². The normalized spacial score (nSPS) is 12.6. The fourth-order valence-corrected chi connectivity index (χ4v) is 2.48. The third-order valence-corrected chi connectivity index (χ3v) is 3.42. The average Bonchev–Trinajstić information content (AvgIpc) is 2.75. The highest BCUT2D eigenvalue weighted by atomic mass is 79.9. The Morgan fingerprint density at radius 2 is 2.28 bits per heavy atom. The maximum absolute atomic E-state index is 4.46. The molecule has 2 aromatic rings. The van der Waals surface area contributed by atoms with Gasteiger partial charge in [0, 0.05) is 30.3 Å². The first kappa shape index (κ1) is 13.2. The molecule has 96 valence electrons. The zero-order valence-corrected chi connectivity index (χ0v) is 12.2. The van der Waals surface area contributed by atoms with E-state index in [-0.39, 0.29) is 6.04 Å². The Balaban J connectivity index is 2.20. The van der Waals surface area contributed by atoms with E-state index in [1.165, 1.54) is 0 Å². The summed E-state index contributed by atoms with van der Waals surface area (Å²) in [5, 5.41) is 7.88. The molecular weight excluding hydrogens is 292 g/mol. The SMILES string of the molecule is CCNC(Cc1ccn(C)n1)c1ncccc1Br. The molecular formula is C13H17BrN4. The molecule has 4 nitrogen and oxygen atoms in total. The summed E-state index contributed by atoms with van der Waals surface area (Å²) >= 11 is 3.56. The first-order valence-corrected chi connectivity index (χ1v) is 6.82. The summed E-state index contributed by atoms with van der Waals surface area (Å²) in [6, 6.07) is 6.17. The summed E-state index contributed by atoms with van der Waals surface area (Å²) in [4.78, 5) is 4.46. The molecule has 0 aliphatic carbocycles. The zero-order valence-electron chi connectivity index (χ0n) is 10.6. The van der Waals surface area contributed by atoms with Crippen molar-refractivity contribution in [3.05, 3.63) is 46.5 Å². The summed E-state index contributed by atoms with van der Waals surface area (Å²) in [6.45, 7) is 3.00. The standard InChI is InChI=1S/C13H17BrN4/c1-3-15-12(9-10-6-8-18(2)17-10)13-11(14)5-4-7-16-13/h4-8,12,15H,3,9H2,1-2H3. The molecule has 5 heteroatoms. The number of aryl methyl sites for hydroxylation is 1. The van der Waals surface area contributed by atoms with Crippen LogP contribution >= 0.6 is 15.9 Å². The van der Waals surface area contributed by atoms with Crippen molar-refractivity contribution in [3.63, 3.8) is 0 Å². The third-order valence-electron chi connectivity index (χ3n) is 2.75. The summed E-state index contributed by atoms with van der Waals surface area (Å²) in [6.07, 6.45) is 4.62. The summed E-state index contributed by atoms with van der Waals surface area (Å²) in [5.74, 6) is 0. The van der Waals surface area contributed by atoms with Crippen LogP contribution in [-0.2, 0) is 13.5 Å². The minimum Gasteiger partial charge on any atom is -0.309 e. The molecule has 0 bridgehead atoms. The quantitative estimate of drug-likeness (QED) is 0.922. The molecule has 0 aliphatic heterocycles. The van der Waals surface area contributed by atoms with Crippen molar-refractivity contribution in [2.75, 3.05) is 6.54 Å². The lowest BCUT2D eigenvalue weighted by Gasteiger charge is -2.17. The van der Waals surface area contributed by atoms with Gasteiger partial charge in [-0.15, -0.1) is 0 Å². The smallest absolute Gasteiger partial charge is 0.0718 e. The number of halogens is 1. The van der Waals surface area contributed by atoms with Crippen molar-refractivity contribution in [2.45, 2.75) is 19.4 Å². The number of hydrogen-bond acceptors (Lipinski definition) is 3. The molecule has 18 heavy (non-hydrogen) atoms. The van der Waals surface area contributed by atoms with Gasteiger partial charge in [0.1, 0.15) is 0 Å². The van der Waals surface area contributed by atoms with Crippen LogP contribution in [0, 0.1) is 0 Å². The topological polar surface area (TPSA) is 42.7 Å². The molecule has 0 saturated heterocycles. The monoisotopic (exact) mass is 308 g/mol. The van der Waals surface area contributed by atoms with Gasteiger partial charge in [0.15, 0.2) is 0 Å². The molecule has 0 saturated carbocycles. The van der Waals surface area contributed by atoms with Gasteiger partial charge in [-0.3, -0.25) is 9.67 Å². The average molecular weight is 309 g/mol. The van der Waals surface area contributed by atoms with E-state index in [1.54, 1.807) is 0 Å². The lowest BCUT2D eigenvalue weighted by Crippen LogP contribution is -2.24. The Hall–Kier alpha value is -1.20. The molecule has 0 amide bonds. The van der Waals surface area contributed by atoms with Gasteiger partial charge < -0.3 is 5.32 Å². The first-order valence-electron chi connectivity index (χ1n) is 6.03. The van der Waals surface area contributed by atoms with E-state index in [0.29, 0.717) is 0 Å². The molecule has 1 atom stereocenters. The highest BCUT2D eigenvalue weighted by Gasteiger charge is 2.16. The van der Waals surface area contributed by atoms with Crippen molar-refractivity contribution in [2.24, 2.45) is 7.05 Å². The van der Waals surface area contributed by atoms with E-state index in [9.17, 15) is 0 Å². The molecule has 1 N–H and O–H groups in total. The number of nitrogens with zero attached hydrogens (tertiary/aromatic N) is 3. The maximum atomic E-state index is 4.46. The van der Waals surface area contributed by atoms with E-state index in [2.05, 4.69) is 38.3 Å². The van der Waals surface area contributed by atoms with Gasteiger partial charge >= 0.3 is 0 Å². The Bertz CT molecular complexity index is 509. The van der Waals surface area contributed by atoms with E-state index in [0.717, 1.165) is 28.8 Å². The lowest BCUT2D eigenvalue weighted by molar-refractivity contribution is 0.525. The number of likely N-dealkylation sites (N-methyl/N-ethyl adjacent to an activating group) is 1. The molecule has 0 aromatic carbocycles. The summed E-state index contributed by atoms with van der Waals surface area (Å²) in [5.41, 5.74) is 2.10. The predicted molar refractivity (Wildman–Crippen MR) is 75.3 cm³/mol. The van der Waals surface area contributed by atoms with Crippen LogP contribution in [0.2, 0.25) is 0 Å². The van der Waals surface area contributed by atoms with E-state index in [4.69, 9.17) is 0 Å². The molecule has 2 heterocycles. The largest absolute Gasteiger partial charge is 0.309 e. The lowest BCUT2D eigenvalue weighted by atomic mass is 10.1. The number of hydrogen-bond donors (Lipinski definition) is 1. The number of pyridine rings is 1. The van der Waals surface area contributed by atoms with E-state index in [1.807, 2.05) is 42.3 Å². The zero-order chi connectivity index (χ0) is 13.0. The Morgan fingerprint density at radius 3 is 2.89 bits per heavy atom. The van der Waals surface area contributed by atoms with Crippen LogP contribution in [0.25, 0.3) is 0 Å². The minimum atomic E-state index is 0.181. The van der Waals surface area contributed by atoms with Gasteiger partial charge in [0.25, 0.3) is 0 Å². The molecule has 0 aliphatic rings. The van der Waals surface area contributed by atoms with Gasteiger partial charge in [0.05, 0.1) is 17.4 Å². The highest BCUT2D eigenvalue weighted by Crippen LogP contribution is 2.23. The van der Waals surface area contributed by atoms with Crippen LogP contribution < -0.4 is 5.32 Å². The maximum Gasteiger partial charge on any atom is 0.0718 e. The Labute approximate surface area is 116 Å². The highest BCUT2D eigenvalue weighted by molar-refractivity contribution is 9.10. The number of rotatable bonds is 5. The third kappa shape index (κ3) is 3.17. The van der Waals surface area contributed by atoms with Crippen LogP contribution in [0.5, 0.6) is 0 Å². The van der Waals surface area contributed by atoms with Crippen molar-refractivity contribution in [3.8, 4) is 0 Å². The fourth-order valence-electron chi connectivity index (χ4n) is 1.95. The van der Waals surface area contributed by atoms with E-state index < -0.39 is 0 Å². The minimum absolute atomic E-state index is 0.181. The second-order valence-corrected chi connectivity index (χ2v) is 5.02. The van der Waals surface area contributed by atoms with Crippen molar-refractivity contribution >= 4 is 15.9 Å². The van der Waals surface area contributed by atoms with Crippen molar-refractivity contribution in [1.29, 1.82) is 0 Å².